The van der Waals surface area contributed by atoms with Crippen molar-refractivity contribution in [2.75, 3.05) is 13.1 Å². The lowest BCUT2D eigenvalue weighted by atomic mass is 9.77. The largest absolute Gasteiger partial charge is 0.361 e. The lowest BCUT2D eigenvalue weighted by Crippen LogP contribution is -2.45. The fourth-order valence-corrected chi connectivity index (χ4v) is 6.13. The Morgan fingerprint density at radius 3 is 2.97 bits per heavy atom. The number of para-hydroxylation sites is 1. The Bertz CT molecular complexity index is 1040. The fraction of sp³-hybridized carbons (Fsp3) is 0.500. The van der Waals surface area contributed by atoms with E-state index in [2.05, 4.69) is 22.4 Å². The monoisotopic (exact) mass is 405 g/mol. The number of hydrogen-bond acceptors (Lipinski definition) is 3. The van der Waals surface area contributed by atoms with Crippen LogP contribution in [0, 0.1) is 11.8 Å². The maximum Gasteiger partial charge on any atom is 0.230 e. The number of likely N-dealkylation sites (tertiary alicyclic amines) is 1. The van der Waals surface area contributed by atoms with Gasteiger partial charge in [-0.3, -0.25) is 9.59 Å². The van der Waals surface area contributed by atoms with E-state index in [0.717, 1.165) is 24.8 Å². The highest BCUT2D eigenvalue weighted by Crippen LogP contribution is 2.53. The quantitative estimate of drug-likeness (QED) is 0.751. The number of carbonyl (C=O) groups is 2. The minimum Gasteiger partial charge on any atom is -0.361 e. The average molecular weight is 405 g/mol. The summed E-state index contributed by atoms with van der Waals surface area (Å²) in [6.07, 6.45) is 11.0. The van der Waals surface area contributed by atoms with Gasteiger partial charge in [0.1, 0.15) is 5.60 Å². The van der Waals surface area contributed by atoms with Crippen molar-refractivity contribution >= 4 is 22.7 Å². The van der Waals surface area contributed by atoms with Crippen LogP contribution in [0.2, 0.25) is 0 Å². The number of rotatable bonds is 5. The van der Waals surface area contributed by atoms with Crippen LogP contribution in [0.1, 0.15) is 31.2 Å². The summed E-state index contributed by atoms with van der Waals surface area (Å²) in [7, 11) is 0. The molecule has 2 aromatic rings. The van der Waals surface area contributed by atoms with Crippen LogP contribution in [0.4, 0.5) is 0 Å². The summed E-state index contributed by atoms with van der Waals surface area (Å²) < 4.78 is 6.25. The number of carbonyl (C=O) groups excluding carboxylic acids is 2. The Kier molecular flexibility index (Phi) is 4.07. The number of aromatic nitrogens is 1. The maximum atomic E-state index is 13.3. The highest BCUT2D eigenvalue weighted by atomic mass is 16.5. The van der Waals surface area contributed by atoms with Gasteiger partial charge in [-0.2, -0.15) is 0 Å². The van der Waals surface area contributed by atoms with E-state index in [1.54, 1.807) is 0 Å². The predicted molar refractivity (Wildman–Crippen MR) is 113 cm³/mol. The topological polar surface area (TPSA) is 74.4 Å². The first-order valence-electron chi connectivity index (χ1n) is 11.2. The van der Waals surface area contributed by atoms with Crippen molar-refractivity contribution in [1.29, 1.82) is 0 Å². The second-order valence-corrected chi connectivity index (χ2v) is 9.20. The number of fused-ring (bicyclic) bond motifs is 2. The molecule has 4 heterocycles. The van der Waals surface area contributed by atoms with Gasteiger partial charge in [0.15, 0.2) is 0 Å². The summed E-state index contributed by atoms with van der Waals surface area (Å²) in [5.74, 6) is -0.735. The van der Waals surface area contributed by atoms with Crippen LogP contribution in [-0.2, 0) is 20.7 Å². The van der Waals surface area contributed by atoms with Crippen LogP contribution in [-0.4, -0.2) is 52.5 Å². The Hall–Kier alpha value is -2.60. The van der Waals surface area contributed by atoms with Gasteiger partial charge in [-0.15, -0.1) is 0 Å². The molecule has 2 saturated heterocycles. The Balaban J connectivity index is 1.15. The van der Waals surface area contributed by atoms with Gasteiger partial charge in [0.05, 0.1) is 24.5 Å². The highest BCUT2D eigenvalue weighted by Gasteiger charge is 2.67. The number of ether oxygens (including phenoxy) is 1. The first-order valence-corrected chi connectivity index (χ1v) is 11.2. The van der Waals surface area contributed by atoms with Crippen LogP contribution in [0.15, 0.2) is 42.6 Å². The lowest BCUT2D eigenvalue weighted by Gasteiger charge is -2.27. The average Bonchev–Trinajstić information content (AvgIpc) is 3.56. The molecule has 6 heteroatoms. The zero-order valence-corrected chi connectivity index (χ0v) is 17.0. The second kappa shape index (κ2) is 6.71. The molecule has 1 aliphatic carbocycles. The molecular weight excluding hydrogens is 378 g/mol. The van der Waals surface area contributed by atoms with E-state index < -0.39 is 11.5 Å². The smallest absolute Gasteiger partial charge is 0.230 e. The third-order valence-electron chi connectivity index (χ3n) is 7.57. The Labute approximate surface area is 175 Å². The highest BCUT2D eigenvalue weighted by molar-refractivity contribution is 5.93. The van der Waals surface area contributed by atoms with Gasteiger partial charge in [-0.05, 0) is 30.9 Å². The summed E-state index contributed by atoms with van der Waals surface area (Å²) in [5.41, 5.74) is 1.70. The number of nitrogens with one attached hydrogen (secondary N) is 2. The molecule has 4 aliphatic rings. The SMILES string of the molecule is O=C(NCCc1c[nH]c2ccccc12)[C@@H]1[C@H]2C=C[C@@]3(CN(C4CCCC4)C(=O)[C@@H]13)O2. The number of amides is 2. The van der Waals surface area contributed by atoms with Crippen LogP contribution in [0.5, 0.6) is 0 Å². The summed E-state index contributed by atoms with van der Waals surface area (Å²) in [6, 6.07) is 8.50. The standard InChI is InChI=1S/C24H27N3O3/c28-22(25-12-10-15-13-26-18-8-4-3-7-17(15)18)20-19-9-11-24(30-19)14-27(23(29)21(20)24)16-5-1-2-6-16/h3-4,7-9,11,13,16,19-21,26H,1-2,5-6,10,12,14H2,(H,25,28)/t19-,20-,21-,24+/m1/s1. The molecule has 156 valence electrons. The van der Waals surface area contributed by atoms with Crippen molar-refractivity contribution in [3.8, 4) is 0 Å². The lowest BCUT2D eigenvalue weighted by molar-refractivity contribution is -0.138. The van der Waals surface area contributed by atoms with Crippen LogP contribution >= 0.6 is 0 Å². The number of benzene rings is 1. The minimum absolute atomic E-state index is 0.0577. The molecule has 3 aliphatic heterocycles. The first kappa shape index (κ1) is 18.2. The zero-order chi connectivity index (χ0) is 20.3. The molecule has 6 nitrogen and oxygen atoms in total. The first-order chi connectivity index (χ1) is 14.7. The number of aromatic amines is 1. The Morgan fingerprint density at radius 1 is 1.27 bits per heavy atom. The van der Waals surface area contributed by atoms with Crippen molar-refractivity contribution in [3.05, 3.63) is 48.2 Å². The molecule has 2 N–H and O–H groups in total. The molecule has 0 radical (unpaired) electrons. The van der Waals surface area contributed by atoms with Gasteiger partial charge in [0, 0.05) is 29.7 Å². The normalized spacial score (nSPS) is 32.5. The van der Waals surface area contributed by atoms with Crippen molar-refractivity contribution in [2.24, 2.45) is 11.8 Å². The summed E-state index contributed by atoms with van der Waals surface area (Å²) in [6.45, 7) is 1.15. The Morgan fingerprint density at radius 2 is 2.10 bits per heavy atom. The van der Waals surface area contributed by atoms with Gasteiger partial charge >= 0.3 is 0 Å². The van der Waals surface area contributed by atoms with Gasteiger partial charge in [0.25, 0.3) is 0 Å². The van der Waals surface area contributed by atoms with E-state index in [4.69, 9.17) is 4.74 Å². The molecule has 1 saturated carbocycles. The number of hydrogen-bond donors (Lipinski definition) is 2. The molecule has 30 heavy (non-hydrogen) atoms. The van der Waals surface area contributed by atoms with E-state index in [-0.39, 0.29) is 23.8 Å². The summed E-state index contributed by atoms with van der Waals surface area (Å²) in [5, 5.41) is 4.28. The van der Waals surface area contributed by atoms with E-state index in [0.29, 0.717) is 19.1 Å². The van der Waals surface area contributed by atoms with Gasteiger partial charge in [0.2, 0.25) is 11.8 Å². The molecule has 0 unspecified atom stereocenters. The molecule has 1 aromatic carbocycles. The van der Waals surface area contributed by atoms with Crippen LogP contribution in [0.25, 0.3) is 10.9 Å². The number of H-pyrrole nitrogens is 1. The maximum absolute atomic E-state index is 13.3. The zero-order valence-electron chi connectivity index (χ0n) is 17.0. The third kappa shape index (κ3) is 2.59. The van der Waals surface area contributed by atoms with Gasteiger partial charge < -0.3 is 19.9 Å². The second-order valence-electron chi connectivity index (χ2n) is 9.20. The number of nitrogens with zero attached hydrogens (tertiary/aromatic N) is 1. The predicted octanol–water partition coefficient (Wildman–Crippen LogP) is 2.55. The van der Waals surface area contributed by atoms with Crippen molar-refractivity contribution in [2.45, 2.75) is 49.9 Å². The van der Waals surface area contributed by atoms with Gasteiger partial charge in [-0.25, -0.2) is 0 Å². The van der Waals surface area contributed by atoms with E-state index >= 15 is 0 Å². The van der Waals surface area contributed by atoms with E-state index in [9.17, 15) is 9.59 Å². The summed E-state index contributed by atoms with van der Waals surface area (Å²) >= 11 is 0. The molecular formula is C24H27N3O3. The molecule has 6 rings (SSSR count). The van der Waals surface area contributed by atoms with E-state index in [1.807, 2.05) is 35.4 Å². The molecule has 4 atom stereocenters. The molecule has 3 fully saturated rings. The van der Waals surface area contributed by atoms with Crippen LogP contribution in [0.3, 0.4) is 0 Å². The minimum atomic E-state index is -0.594. The van der Waals surface area contributed by atoms with Crippen molar-refractivity contribution < 1.29 is 14.3 Å². The molecule has 1 spiro atoms. The molecule has 2 amide bonds. The molecule has 2 bridgehead atoms. The fourth-order valence-electron chi connectivity index (χ4n) is 6.13. The van der Waals surface area contributed by atoms with Crippen molar-refractivity contribution in [3.63, 3.8) is 0 Å². The molecule has 1 aromatic heterocycles. The summed E-state index contributed by atoms with van der Waals surface area (Å²) in [4.78, 5) is 31.7. The third-order valence-corrected chi connectivity index (χ3v) is 7.57. The van der Waals surface area contributed by atoms with Crippen molar-refractivity contribution in [1.82, 2.24) is 15.2 Å². The van der Waals surface area contributed by atoms with Crippen LogP contribution < -0.4 is 5.32 Å². The van der Waals surface area contributed by atoms with Gasteiger partial charge in [-0.1, -0.05) is 43.2 Å². The van der Waals surface area contributed by atoms with E-state index in [1.165, 1.54) is 23.8 Å².